The molecule has 0 saturated heterocycles. The largest absolute Gasteiger partial charge is 0.464 e. The van der Waals surface area contributed by atoms with Crippen LogP contribution in [0.2, 0.25) is 0 Å². The topological polar surface area (TPSA) is 52.3 Å². The third-order valence-electron chi connectivity index (χ3n) is 5.04. The molecule has 0 heterocycles. The smallest absolute Gasteiger partial charge is 0.305 e. The molecule has 0 spiro atoms. The molecule has 0 bridgehead atoms. The Morgan fingerprint density at radius 2 is 1.36 bits per heavy atom. The Hall–Kier alpha value is -0.570. The highest BCUT2D eigenvalue weighted by Gasteiger charge is 2.07. The quantitative estimate of drug-likeness (QED) is 0.234. The first-order chi connectivity index (χ1) is 12.1. The number of unbranched alkanes of at least 4 members (excludes halogenated alkanes) is 8. The fraction of sp³-hybridized carbons (Fsp3) is 0.955. The molecule has 0 amide bonds. The maximum atomic E-state index is 11.3. The molecule has 0 aliphatic rings. The predicted octanol–water partition coefficient (Wildman–Crippen LogP) is 6.24. The molecule has 0 aromatic carbocycles. The summed E-state index contributed by atoms with van der Waals surface area (Å²) in [5.41, 5.74) is 5.30. The highest BCUT2D eigenvalue weighted by Crippen LogP contribution is 2.21. The van der Waals surface area contributed by atoms with Crippen LogP contribution < -0.4 is 5.73 Å². The molecule has 3 nitrogen and oxygen atoms in total. The number of hydrogen-bond acceptors (Lipinski definition) is 3. The minimum absolute atomic E-state index is 0.0937. The Bertz CT molecular complexity index is 294. The van der Waals surface area contributed by atoms with Crippen molar-refractivity contribution in [2.24, 2.45) is 17.6 Å². The van der Waals surface area contributed by atoms with E-state index in [4.69, 9.17) is 10.5 Å². The molecule has 0 aromatic rings. The molecule has 3 heteroatoms. The Morgan fingerprint density at radius 3 is 1.92 bits per heavy atom. The number of esters is 1. The fourth-order valence-corrected chi connectivity index (χ4v) is 3.66. The summed E-state index contributed by atoms with van der Waals surface area (Å²) < 4.78 is 4.96. The van der Waals surface area contributed by atoms with Crippen LogP contribution in [0.4, 0.5) is 0 Å². The number of ether oxygens (including phenoxy) is 1. The molecular weight excluding hydrogens is 310 g/mol. The standard InChI is InChI=1S/C22H45NO2/c1-4-14-20(2)19-21(3)15-12-10-8-6-5-7-9-11-13-16-22(24)25-18-17-23/h20-21H,4-19,23H2,1-3H3. The molecule has 150 valence electrons. The van der Waals surface area contributed by atoms with E-state index >= 15 is 0 Å². The van der Waals surface area contributed by atoms with Crippen molar-refractivity contribution in [2.45, 2.75) is 111 Å². The van der Waals surface area contributed by atoms with Crippen LogP contribution in [0.25, 0.3) is 0 Å². The van der Waals surface area contributed by atoms with Gasteiger partial charge in [-0.1, -0.05) is 91.4 Å². The first-order valence-corrected chi connectivity index (χ1v) is 11.0. The van der Waals surface area contributed by atoms with E-state index in [0.29, 0.717) is 19.6 Å². The van der Waals surface area contributed by atoms with Crippen LogP contribution in [0.1, 0.15) is 111 Å². The number of carbonyl (C=O) groups excluding carboxylic acids is 1. The van der Waals surface area contributed by atoms with Crippen molar-refractivity contribution in [1.29, 1.82) is 0 Å². The van der Waals surface area contributed by atoms with Gasteiger partial charge in [0.15, 0.2) is 0 Å². The van der Waals surface area contributed by atoms with E-state index in [0.717, 1.165) is 24.7 Å². The fourth-order valence-electron chi connectivity index (χ4n) is 3.66. The molecule has 0 saturated carbocycles. The van der Waals surface area contributed by atoms with E-state index < -0.39 is 0 Å². The lowest BCUT2D eigenvalue weighted by molar-refractivity contribution is -0.143. The van der Waals surface area contributed by atoms with Crippen molar-refractivity contribution in [2.75, 3.05) is 13.2 Å². The summed E-state index contributed by atoms with van der Waals surface area (Å²) in [7, 11) is 0. The maximum absolute atomic E-state index is 11.3. The van der Waals surface area contributed by atoms with Gasteiger partial charge < -0.3 is 10.5 Å². The Kier molecular flexibility index (Phi) is 17.8. The van der Waals surface area contributed by atoms with Gasteiger partial charge in [0.1, 0.15) is 6.61 Å². The van der Waals surface area contributed by atoms with E-state index in [1.54, 1.807) is 0 Å². The molecule has 0 aliphatic carbocycles. The average Bonchev–Trinajstić information content (AvgIpc) is 2.57. The van der Waals surface area contributed by atoms with Crippen LogP contribution in [-0.4, -0.2) is 19.1 Å². The maximum Gasteiger partial charge on any atom is 0.305 e. The van der Waals surface area contributed by atoms with Crippen molar-refractivity contribution in [3.63, 3.8) is 0 Å². The van der Waals surface area contributed by atoms with Gasteiger partial charge in [0.2, 0.25) is 0 Å². The summed E-state index contributed by atoms with van der Waals surface area (Å²) in [4.78, 5) is 11.3. The predicted molar refractivity (Wildman–Crippen MR) is 109 cm³/mol. The van der Waals surface area contributed by atoms with Crippen LogP contribution in [0.15, 0.2) is 0 Å². The zero-order valence-electron chi connectivity index (χ0n) is 17.4. The SMILES string of the molecule is CCCC(C)CC(C)CCCCCCCCCCCC(=O)OCCN. The van der Waals surface area contributed by atoms with Gasteiger partial charge in [-0.15, -0.1) is 0 Å². The molecule has 0 aliphatic heterocycles. The van der Waals surface area contributed by atoms with E-state index in [2.05, 4.69) is 20.8 Å². The summed E-state index contributed by atoms with van der Waals surface area (Å²) >= 11 is 0. The molecular formula is C22H45NO2. The molecule has 25 heavy (non-hydrogen) atoms. The van der Waals surface area contributed by atoms with Crippen molar-refractivity contribution < 1.29 is 9.53 Å². The van der Waals surface area contributed by atoms with Crippen molar-refractivity contribution in [3.8, 4) is 0 Å². The zero-order valence-corrected chi connectivity index (χ0v) is 17.4. The molecule has 0 fully saturated rings. The summed E-state index contributed by atoms with van der Waals surface area (Å²) in [6.07, 6.45) is 17.7. The third kappa shape index (κ3) is 18.0. The number of hydrogen-bond donors (Lipinski definition) is 1. The summed E-state index contributed by atoms with van der Waals surface area (Å²) in [5.74, 6) is 1.71. The van der Waals surface area contributed by atoms with Crippen molar-refractivity contribution in [1.82, 2.24) is 0 Å². The second kappa shape index (κ2) is 18.2. The minimum atomic E-state index is -0.0937. The normalized spacial score (nSPS) is 13.6. The molecule has 0 aromatic heterocycles. The molecule has 2 unspecified atom stereocenters. The molecule has 0 radical (unpaired) electrons. The molecule has 2 N–H and O–H groups in total. The van der Waals surface area contributed by atoms with Gasteiger partial charge >= 0.3 is 5.97 Å². The van der Waals surface area contributed by atoms with Crippen molar-refractivity contribution in [3.05, 3.63) is 0 Å². The third-order valence-corrected chi connectivity index (χ3v) is 5.04. The zero-order chi connectivity index (χ0) is 18.8. The van der Waals surface area contributed by atoms with Crippen LogP contribution in [-0.2, 0) is 9.53 Å². The number of nitrogens with two attached hydrogens (primary N) is 1. The van der Waals surface area contributed by atoms with Gasteiger partial charge in [-0.25, -0.2) is 0 Å². The van der Waals surface area contributed by atoms with E-state index in [1.165, 1.54) is 70.6 Å². The average molecular weight is 356 g/mol. The first-order valence-electron chi connectivity index (χ1n) is 11.0. The Labute approximate surface area is 157 Å². The van der Waals surface area contributed by atoms with Gasteiger partial charge in [-0.2, -0.15) is 0 Å². The van der Waals surface area contributed by atoms with Crippen LogP contribution in [0, 0.1) is 11.8 Å². The number of rotatable bonds is 18. The Balaban J connectivity index is 3.24. The van der Waals surface area contributed by atoms with Gasteiger partial charge in [-0.3, -0.25) is 4.79 Å². The Morgan fingerprint density at radius 1 is 0.840 bits per heavy atom. The second-order valence-electron chi connectivity index (χ2n) is 7.96. The summed E-state index contributed by atoms with van der Waals surface area (Å²) in [5, 5.41) is 0. The highest BCUT2D eigenvalue weighted by molar-refractivity contribution is 5.69. The lowest BCUT2D eigenvalue weighted by Crippen LogP contribution is -2.13. The monoisotopic (exact) mass is 355 g/mol. The summed E-state index contributed by atoms with van der Waals surface area (Å²) in [6.45, 7) is 7.90. The lowest BCUT2D eigenvalue weighted by Gasteiger charge is -2.16. The first kappa shape index (κ1) is 24.4. The van der Waals surface area contributed by atoms with Crippen LogP contribution in [0.5, 0.6) is 0 Å². The van der Waals surface area contributed by atoms with Crippen molar-refractivity contribution >= 4 is 5.97 Å². The molecule has 0 rings (SSSR count). The highest BCUT2D eigenvalue weighted by atomic mass is 16.5. The van der Waals surface area contributed by atoms with E-state index in [9.17, 15) is 4.79 Å². The minimum Gasteiger partial charge on any atom is -0.464 e. The number of carbonyl (C=O) groups is 1. The van der Waals surface area contributed by atoms with E-state index in [1.807, 2.05) is 0 Å². The molecule has 2 atom stereocenters. The van der Waals surface area contributed by atoms with Gasteiger partial charge in [0, 0.05) is 13.0 Å². The summed E-state index contributed by atoms with van der Waals surface area (Å²) in [6, 6.07) is 0. The lowest BCUT2D eigenvalue weighted by atomic mass is 9.90. The van der Waals surface area contributed by atoms with Gasteiger partial charge in [-0.05, 0) is 24.7 Å². The van der Waals surface area contributed by atoms with E-state index in [-0.39, 0.29) is 5.97 Å². The van der Waals surface area contributed by atoms with Crippen LogP contribution in [0.3, 0.4) is 0 Å². The van der Waals surface area contributed by atoms with Crippen LogP contribution >= 0.6 is 0 Å². The second-order valence-corrected chi connectivity index (χ2v) is 7.96. The van der Waals surface area contributed by atoms with Gasteiger partial charge in [0.25, 0.3) is 0 Å². The van der Waals surface area contributed by atoms with Gasteiger partial charge in [0.05, 0.1) is 0 Å².